The second-order valence-electron chi connectivity index (χ2n) is 24.9. The average molecular weight is 1170 g/mol. The molecule has 0 aliphatic rings. The standard InChI is InChI=1S/C73H135N2O6P/c1-6-8-10-12-14-16-18-20-22-24-26-28-30-32-34-36-37-39-41-43-45-47-49-51-53-55-57-59-61-63-65-67-73(77)74-71(70-81-82(78,79)80-69-68-75(3,4)5)72(76)66-64-62-60-58-56-54-52-50-48-46-44-42-40-38-35-33-31-29-27-25-23-21-19-17-15-13-11-9-7-2/h8,10,14,16,20,22,26,28,32,34,37,39,64,66,71-72,76H,6-7,9,11-13,15,17-19,21,23-25,27,29-31,33,35-36,38,40-63,65,67-70H2,1-5H3,(H-,74,77,78,79)/b10-8-,16-14-,22-20-,28-26-,34-32-,39-37-,66-64+. The molecule has 1 amide bonds. The van der Waals surface area contributed by atoms with Crippen molar-refractivity contribution in [2.24, 2.45) is 0 Å². The average Bonchev–Trinajstić information content (AvgIpc) is 3.47. The van der Waals surface area contributed by atoms with Gasteiger partial charge in [-0.3, -0.25) is 9.36 Å². The Kier molecular flexibility index (Phi) is 61.4. The molecule has 0 aromatic carbocycles. The number of hydrogen-bond acceptors (Lipinski definition) is 6. The number of aliphatic hydroxyl groups excluding tert-OH is 1. The zero-order chi connectivity index (χ0) is 59.8. The summed E-state index contributed by atoms with van der Waals surface area (Å²) in [5, 5.41) is 14.0. The number of nitrogens with zero attached hydrogens (tertiary/aromatic N) is 1. The van der Waals surface area contributed by atoms with Crippen LogP contribution < -0.4 is 10.2 Å². The molecule has 0 heterocycles. The Bertz CT molecular complexity index is 1610. The first-order chi connectivity index (χ1) is 40.0. The molecule has 9 heteroatoms. The van der Waals surface area contributed by atoms with Crippen molar-refractivity contribution in [1.29, 1.82) is 0 Å². The van der Waals surface area contributed by atoms with Crippen molar-refractivity contribution in [1.82, 2.24) is 5.32 Å². The number of rotatable bonds is 64. The van der Waals surface area contributed by atoms with Gasteiger partial charge in [-0.1, -0.05) is 330 Å². The first-order valence-corrected chi connectivity index (χ1v) is 36.4. The molecule has 478 valence electrons. The lowest BCUT2D eigenvalue weighted by Crippen LogP contribution is -2.45. The SMILES string of the molecule is CC/C=C\C/C=C\C/C=C\C/C=C\C/C=C\C/C=C\CCCCCCCCCCCCCCC(=O)NC(COP(=O)([O-])OCC[N+](C)(C)C)C(O)/C=C/CCCCCCCCCCCCCCCCCCCCCCCCCCCCC. The predicted octanol–water partition coefficient (Wildman–Crippen LogP) is 21.7. The fraction of sp³-hybridized carbons (Fsp3) is 0.795. The summed E-state index contributed by atoms with van der Waals surface area (Å²) in [6, 6.07) is -0.894. The molecule has 2 N–H and O–H groups in total. The summed E-state index contributed by atoms with van der Waals surface area (Å²) in [7, 11) is 1.26. The summed E-state index contributed by atoms with van der Waals surface area (Å²) < 4.78 is 23.5. The topological polar surface area (TPSA) is 108 Å². The third-order valence-corrected chi connectivity index (χ3v) is 16.6. The van der Waals surface area contributed by atoms with Crippen LogP contribution in [0.3, 0.4) is 0 Å². The highest BCUT2D eigenvalue weighted by atomic mass is 31.2. The molecule has 0 aromatic rings. The number of phosphoric acid groups is 1. The van der Waals surface area contributed by atoms with Crippen LogP contribution in [0.5, 0.6) is 0 Å². The molecule has 3 unspecified atom stereocenters. The molecule has 0 aliphatic carbocycles. The van der Waals surface area contributed by atoms with Crippen LogP contribution in [0.25, 0.3) is 0 Å². The number of likely N-dealkylation sites (N-methyl/N-ethyl adjacent to an activating group) is 1. The fourth-order valence-corrected chi connectivity index (χ4v) is 10.9. The Morgan fingerprint density at radius 1 is 0.439 bits per heavy atom. The molecule has 3 atom stereocenters. The Morgan fingerprint density at radius 2 is 0.744 bits per heavy atom. The molecular weight excluding hydrogens is 1030 g/mol. The molecular formula is C73H135N2O6P. The number of quaternary nitrogens is 1. The smallest absolute Gasteiger partial charge is 0.268 e. The summed E-state index contributed by atoms with van der Waals surface area (Å²) in [5.74, 6) is -0.198. The number of hydrogen-bond donors (Lipinski definition) is 2. The minimum Gasteiger partial charge on any atom is -0.756 e. The van der Waals surface area contributed by atoms with Gasteiger partial charge in [0.25, 0.3) is 7.82 Å². The Morgan fingerprint density at radius 3 is 1.09 bits per heavy atom. The Labute approximate surface area is 509 Å². The lowest BCUT2D eigenvalue weighted by molar-refractivity contribution is -0.870. The van der Waals surface area contributed by atoms with Gasteiger partial charge in [0.05, 0.1) is 39.9 Å². The maximum Gasteiger partial charge on any atom is 0.268 e. The number of amides is 1. The van der Waals surface area contributed by atoms with Gasteiger partial charge in [-0.05, 0) is 70.6 Å². The lowest BCUT2D eigenvalue weighted by atomic mass is 10.0. The highest BCUT2D eigenvalue weighted by Crippen LogP contribution is 2.38. The van der Waals surface area contributed by atoms with Gasteiger partial charge in [0.15, 0.2) is 0 Å². The van der Waals surface area contributed by atoms with Crippen molar-refractivity contribution < 1.29 is 32.9 Å². The van der Waals surface area contributed by atoms with Gasteiger partial charge in [-0.15, -0.1) is 0 Å². The van der Waals surface area contributed by atoms with Crippen LogP contribution in [-0.4, -0.2) is 68.5 Å². The number of unbranched alkanes of at least 4 members (excludes halogenated alkanes) is 39. The lowest BCUT2D eigenvalue weighted by Gasteiger charge is -2.29. The van der Waals surface area contributed by atoms with Crippen LogP contribution in [0.15, 0.2) is 85.1 Å². The number of carbonyl (C=O) groups is 1. The van der Waals surface area contributed by atoms with Crippen LogP contribution >= 0.6 is 7.82 Å². The van der Waals surface area contributed by atoms with E-state index < -0.39 is 20.0 Å². The minimum atomic E-state index is -4.61. The van der Waals surface area contributed by atoms with E-state index in [0.717, 1.165) is 77.0 Å². The van der Waals surface area contributed by atoms with E-state index in [9.17, 15) is 19.4 Å². The summed E-state index contributed by atoms with van der Waals surface area (Å²) in [6.45, 7) is 4.57. The molecule has 0 saturated heterocycles. The first-order valence-electron chi connectivity index (χ1n) is 34.9. The van der Waals surface area contributed by atoms with Crippen LogP contribution in [0.1, 0.15) is 322 Å². The van der Waals surface area contributed by atoms with E-state index in [1.54, 1.807) is 6.08 Å². The first kappa shape index (κ1) is 79.7. The van der Waals surface area contributed by atoms with E-state index in [4.69, 9.17) is 9.05 Å². The Balaban J connectivity index is 4.10. The van der Waals surface area contributed by atoms with Crippen molar-refractivity contribution in [2.75, 3.05) is 40.9 Å². The molecule has 0 bridgehead atoms. The highest BCUT2D eigenvalue weighted by molar-refractivity contribution is 7.45. The van der Waals surface area contributed by atoms with Gasteiger partial charge in [-0.2, -0.15) is 0 Å². The highest BCUT2D eigenvalue weighted by Gasteiger charge is 2.23. The monoisotopic (exact) mass is 1170 g/mol. The maximum absolute atomic E-state index is 13.0. The number of nitrogens with one attached hydrogen (secondary N) is 1. The third kappa shape index (κ3) is 65.2. The minimum absolute atomic E-state index is 0.00372. The van der Waals surface area contributed by atoms with Gasteiger partial charge in [-0.25, -0.2) is 0 Å². The van der Waals surface area contributed by atoms with Gasteiger partial charge in [0.2, 0.25) is 5.91 Å². The fourth-order valence-electron chi connectivity index (χ4n) is 10.2. The number of carbonyl (C=O) groups excluding carboxylic acids is 1. The predicted molar refractivity (Wildman–Crippen MR) is 357 cm³/mol. The molecule has 0 fully saturated rings. The normalized spacial score (nSPS) is 14.2. The molecule has 0 aliphatic heterocycles. The molecule has 8 nitrogen and oxygen atoms in total. The number of aliphatic hydroxyl groups is 1. The second-order valence-corrected chi connectivity index (χ2v) is 26.3. The number of allylic oxidation sites excluding steroid dienone is 13. The van der Waals surface area contributed by atoms with E-state index in [-0.39, 0.29) is 19.1 Å². The van der Waals surface area contributed by atoms with Gasteiger partial charge in [0, 0.05) is 6.42 Å². The summed E-state index contributed by atoms with van der Waals surface area (Å²) in [4.78, 5) is 25.6. The van der Waals surface area contributed by atoms with Gasteiger partial charge >= 0.3 is 0 Å². The van der Waals surface area contributed by atoms with E-state index >= 15 is 0 Å². The Hall–Kier alpha value is -2.32. The van der Waals surface area contributed by atoms with Crippen LogP contribution in [0.2, 0.25) is 0 Å². The number of phosphoric ester groups is 1. The van der Waals surface area contributed by atoms with Crippen molar-refractivity contribution >= 4 is 13.7 Å². The van der Waals surface area contributed by atoms with Crippen molar-refractivity contribution in [2.45, 2.75) is 334 Å². The molecule has 0 radical (unpaired) electrons. The zero-order valence-electron chi connectivity index (χ0n) is 54.7. The van der Waals surface area contributed by atoms with Crippen LogP contribution in [0.4, 0.5) is 0 Å². The van der Waals surface area contributed by atoms with Crippen LogP contribution in [-0.2, 0) is 18.4 Å². The van der Waals surface area contributed by atoms with E-state index in [1.165, 1.54) is 225 Å². The van der Waals surface area contributed by atoms with E-state index in [2.05, 4.69) is 92.1 Å². The van der Waals surface area contributed by atoms with E-state index in [1.807, 2.05) is 27.2 Å². The van der Waals surface area contributed by atoms with Crippen molar-refractivity contribution in [3.63, 3.8) is 0 Å². The molecule has 0 rings (SSSR count). The molecule has 0 spiro atoms. The summed E-state index contributed by atoms with van der Waals surface area (Å²) >= 11 is 0. The quantitative estimate of drug-likeness (QED) is 0.0272. The molecule has 82 heavy (non-hydrogen) atoms. The second kappa shape index (κ2) is 63.2. The molecule has 0 aromatic heterocycles. The zero-order valence-corrected chi connectivity index (χ0v) is 55.6. The van der Waals surface area contributed by atoms with E-state index in [0.29, 0.717) is 17.4 Å². The third-order valence-electron chi connectivity index (χ3n) is 15.6. The van der Waals surface area contributed by atoms with Gasteiger partial charge < -0.3 is 28.8 Å². The molecule has 0 saturated carbocycles. The summed E-state index contributed by atoms with van der Waals surface area (Å²) in [5.41, 5.74) is 0. The van der Waals surface area contributed by atoms with Crippen molar-refractivity contribution in [3.05, 3.63) is 85.1 Å². The largest absolute Gasteiger partial charge is 0.756 e. The van der Waals surface area contributed by atoms with Gasteiger partial charge in [0.1, 0.15) is 13.2 Å². The maximum atomic E-state index is 13.0. The van der Waals surface area contributed by atoms with Crippen molar-refractivity contribution in [3.8, 4) is 0 Å². The van der Waals surface area contributed by atoms with Crippen LogP contribution in [0, 0.1) is 0 Å². The summed E-state index contributed by atoms with van der Waals surface area (Å²) in [6.07, 6.45) is 89.8.